The number of rotatable bonds is 2. The zero-order valence-electron chi connectivity index (χ0n) is 9.60. The number of carboxylic acids is 1. The summed E-state index contributed by atoms with van der Waals surface area (Å²) in [7, 11) is 0. The van der Waals surface area contributed by atoms with Gasteiger partial charge in [0.25, 0.3) is 0 Å². The largest absolute Gasteiger partial charge is 0.480 e. The minimum atomic E-state index is -0.895. The first-order valence-corrected chi connectivity index (χ1v) is 6.41. The highest BCUT2D eigenvalue weighted by molar-refractivity contribution is 8.02. The molecule has 1 saturated carbocycles. The quantitative estimate of drug-likeness (QED) is 0.750. The number of carboxylic acid groups (broad SMARTS) is 1. The van der Waals surface area contributed by atoms with Crippen LogP contribution in [-0.2, 0) is 9.59 Å². The summed E-state index contributed by atoms with van der Waals surface area (Å²) in [6.45, 7) is 3.83. The van der Waals surface area contributed by atoms with Crippen molar-refractivity contribution >= 4 is 24.1 Å². The van der Waals surface area contributed by atoms with E-state index in [1.165, 1.54) is 0 Å². The Kier molecular flexibility index (Phi) is 2.69. The topological polar surface area (TPSA) is 57.6 Å². The van der Waals surface area contributed by atoms with E-state index in [1.54, 1.807) is 16.7 Å². The SMILES string of the molecule is CC1(C)SC2(CCCC2)N(C=O)C1C(=O)O. The number of carbonyl (C=O) groups excluding carboxylic acids is 1. The van der Waals surface area contributed by atoms with Gasteiger partial charge >= 0.3 is 5.97 Å². The maximum Gasteiger partial charge on any atom is 0.327 e. The molecule has 1 spiro atoms. The molecule has 1 N–H and O–H groups in total. The van der Waals surface area contributed by atoms with Crippen LogP contribution in [-0.4, -0.2) is 38.0 Å². The monoisotopic (exact) mass is 243 g/mol. The molecule has 1 saturated heterocycles. The fourth-order valence-corrected chi connectivity index (χ4v) is 5.08. The highest BCUT2D eigenvalue weighted by Gasteiger charge is 2.59. The average molecular weight is 243 g/mol. The average Bonchev–Trinajstić information content (AvgIpc) is 2.68. The van der Waals surface area contributed by atoms with Crippen LogP contribution in [0.4, 0.5) is 0 Å². The molecule has 2 fully saturated rings. The first kappa shape index (κ1) is 11.8. The third kappa shape index (κ3) is 1.52. The summed E-state index contributed by atoms with van der Waals surface area (Å²) in [6.07, 6.45) is 4.73. The third-order valence-electron chi connectivity index (χ3n) is 3.59. The molecule has 1 heterocycles. The molecule has 1 unspecified atom stereocenters. The van der Waals surface area contributed by atoms with Gasteiger partial charge in [-0.05, 0) is 26.7 Å². The zero-order chi connectivity index (χ0) is 12.0. The highest BCUT2D eigenvalue weighted by atomic mass is 32.2. The van der Waals surface area contributed by atoms with Gasteiger partial charge in [0.05, 0.1) is 4.87 Å². The van der Waals surface area contributed by atoms with Crippen LogP contribution in [0.1, 0.15) is 39.5 Å². The van der Waals surface area contributed by atoms with Gasteiger partial charge < -0.3 is 10.0 Å². The minimum absolute atomic E-state index is 0.256. The number of aliphatic carboxylic acids is 1. The lowest BCUT2D eigenvalue weighted by Gasteiger charge is -2.32. The van der Waals surface area contributed by atoms with E-state index in [9.17, 15) is 14.7 Å². The second-order valence-electron chi connectivity index (χ2n) is 5.11. The van der Waals surface area contributed by atoms with Crippen molar-refractivity contribution in [1.29, 1.82) is 0 Å². The van der Waals surface area contributed by atoms with Crippen LogP contribution < -0.4 is 0 Å². The fourth-order valence-electron chi connectivity index (χ4n) is 3.03. The first-order chi connectivity index (χ1) is 7.43. The van der Waals surface area contributed by atoms with E-state index in [-0.39, 0.29) is 4.87 Å². The molecule has 0 aromatic rings. The van der Waals surface area contributed by atoms with Crippen molar-refractivity contribution in [2.45, 2.75) is 55.2 Å². The predicted molar refractivity (Wildman–Crippen MR) is 62.2 cm³/mol. The molecule has 0 aromatic heterocycles. The highest BCUT2D eigenvalue weighted by Crippen LogP contribution is 2.57. The lowest BCUT2D eigenvalue weighted by Crippen LogP contribution is -2.50. The van der Waals surface area contributed by atoms with Gasteiger partial charge in [0.2, 0.25) is 6.41 Å². The predicted octanol–water partition coefficient (Wildman–Crippen LogP) is 1.69. The van der Waals surface area contributed by atoms with Crippen LogP contribution in [0.25, 0.3) is 0 Å². The Labute approximate surface area is 99.4 Å². The summed E-state index contributed by atoms with van der Waals surface area (Å²) in [5.41, 5.74) is 0. The number of hydrogen-bond donors (Lipinski definition) is 1. The molecule has 0 radical (unpaired) electrons. The van der Waals surface area contributed by atoms with Gasteiger partial charge in [-0.1, -0.05) is 12.8 Å². The minimum Gasteiger partial charge on any atom is -0.480 e. The van der Waals surface area contributed by atoms with Gasteiger partial charge in [-0.25, -0.2) is 4.79 Å². The fraction of sp³-hybridized carbons (Fsp3) is 0.818. The van der Waals surface area contributed by atoms with E-state index in [2.05, 4.69) is 0 Å². The maximum absolute atomic E-state index is 11.3. The third-order valence-corrected chi connectivity index (χ3v) is 5.34. The second-order valence-corrected chi connectivity index (χ2v) is 7.13. The van der Waals surface area contributed by atoms with Gasteiger partial charge in [0.1, 0.15) is 6.04 Å². The number of thioether (sulfide) groups is 1. The molecular formula is C11H17NO3S. The van der Waals surface area contributed by atoms with Crippen LogP contribution in [0.15, 0.2) is 0 Å². The van der Waals surface area contributed by atoms with Crippen LogP contribution in [0, 0.1) is 0 Å². The molecular weight excluding hydrogens is 226 g/mol. The zero-order valence-corrected chi connectivity index (χ0v) is 10.4. The number of amides is 1. The summed E-state index contributed by atoms with van der Waals surface area (Å²) in [4.78, 5) is 23.8. The Morgan fingerprint density at radius 2 is 2.00 bits per heavy atom. The van der Waals surface area contributed by atoms with Crippen molar-refractivity contribution in [3.63, 3.8) is 0 Å². The van der Waals surface area contributed by atoms with Crippen molar-refractivity contribution < 1.29 is 14.7 Å². The van der Waals surface area contributed by atoms with Crippen molar-refractivity contribution in [3.8, 4) is 0 Å². The van der Waals surface area contributed by atoms with Crippen molar-refractivity contribution in [2.75, 3.05) is 0 Å². The smallest absolute Gasteiger partial charge is 0.327 e. The molecule has 1 aliphatic carbocycles. The van der Waals surface area contributed by atoms with Gasteiger partial charge in [0, 0.05) is 4.75 Å². The molecule has 0 bridgehead atoms. The van der Waals surface area contributed by atoms with Gasteiger partial charge in [0.15, 0.2) is 0 Å². The van der Waals surface area contributed by atoms with Crippen LogP contribution in [0.5, 0.6) is 0 Å². The van der Waals surface area contributed by atoms with Crippen molar-refractivity contribution in [2.24, 2.45) is 0 Å². The van der Waals surface area contributed by atoms with Crippen LogP contribution in [0.2, 0.25) is 0 Å². The molecule has 5 heteroatoms. The standard InChI is InChI=1S/C11H17NO3S/c1-10(2)8(9(14)15)12(7-13)11(16-10)5-3-4-6-11/h7-8H,3-6H2,1-2H3,(H,14,15). The van der Waals surface area contributed by atoms with E-state index in [1.807, 2.05) is 13.8 Å². The van der Waals surface area contributed by atoms with E-state index >= 15 is 0 Å². The van der Waals surface area contributed by atoms with Gasteiger partial charge in [-0.3, -0.25) is 4.79 Å². The van der Waals surface area contributed by atoms with E-state index < -0.39 is 16.8 Å². The Balaban J connectivity index is 2.39. The summed E-state index contributed by atoms with van der Waals surface area (Å²) >= 11 is 1.66. The normalized spacial score (nSPS) is 30.9. The van der Waals surface area contributed by atoms with Gasteiger partial charge in [-0.15, -0.1) is 11.8 Å². The molecule has 0 aromatic carbocycles. The van der Waals surface area contributed by atoms with Crippen LogP contribution >= 0.6 is 11.8 Å². The van der Waals surface area contributed by atoms with E-state index in [0.717, 1.165) is 32.1 Å². The van der Waals surface area contributed by atoms with Crippen LogP contribution in [0.3, 0.4) is 0 Å². The molecule has 1 atom stereocenters. The molecule has 2 rings (SSSR count). The van der Waals surface area contributed by atoms with Gasteiger partial charge in [-0.2, -0.15) is 0 Å². The molecule has 2 aliphatic rings. The number of hydrogen-bond acceptors (Lipinski definition) is 3. The molecule has 1 amide bonds. The Morgan fingerprint density at radius 3 is 2.44 bits per heavy atom. The Bertz CT molecular complexity index is 323. The number of carbonyl (C=O) groups is 2. The molecule has 90 valence electrons. The van der Waals surface area contributed by atoms with E-state index in [0.29, 0.717) is 0 Å². The second kappa shape index (κ2) is 3.65. The first-order valence-electron chi connectivity index (χ1n) is 5.60. The summed E-state index contributed by atoms with van der Waals surface area (Å²) < 4.78 is -0.406. The van der Waals surface area contributed by atoms with Crippen molar-refractivity contribution in [3.05, 3.63) is 0 Å². The lowest BCUT2D eigenvalue weighted by atomic mass is 10.0. The van der Waals surface area contributed by atoms with Crippen molar-refractivity contribution in [1.82, 2.24) is 4.90 Å². The maximum atomic E-state index is 11.3. The molecule has 1 aliphatic heterocycles. The number of nitrogens with zero attached hydrogens (tertiary/aromatic N) is 1. The Hall–Kier alpha value is -0.710. The summed E-state index contributed by atoms with van der Waals surface area (Å²) in [5, 5.41) is 9.28. The summed E-state index contributed by atoms with van der Waals surface area (Å²) in [6, 6.07) is -0.701. The molecule has 16 heavy (non-hydrogen) atoms. The Morgan fingerprint density at radius 1 is 1.44 bits per heavy atom. The summed E-state index contributed by atoms with van der Waals surface area (Å²) in [5.74, 6) is -0.895. The molecule has 4 nitrogen and oxygen atoms in total. The lowest BCUT2D eigenvalue weighted by molar-refractivity contribution is -0.148. The van der Waals surface area contributed by atoms with E-state index in [4.69, 9.17) is 0 Å².